The summed E-state index contributed by atoms with van der Waals surface area (Å²) in [6, 6.07) is 8.34. The molecule has 0 radical (unpaired) electrons. The first-order chi connectivity index (χ1) is 9.74. The maximum atomic E-state index is 12.2. The van der Waals surface area contributed by atoms with E-state index in [1.807, 2.05) is 6.92 Å². The Morgan fingerprint density at radius 3 is 2.62 bits per heavy atom. The predicted molar refractivity (Wildman–Crippen MR) is 84.8 cm³/mol. The third-order valence-electron chi connectivity index (χ3n) is 4.30. The Morgan fingerprint density at radius 2 is 2.00 bits per heavy atom. The zero-order valence-corrected chi connectivity index (χ0v) is 13.1. The minimum Gasteiger partial charge on any atom is -0.375 e. The van der Waals surface area contributed by atoms with Gasteiger partial charge in [-0.15, -0.1) is 12.4 Å². The fraction of sp³-hybridized carbons (Fsp3) is 0.562. The second-order valence-electron chi connectivity index (χ2n) is 5.80. The molecule has 1 aromatic rings. The largest absolute Gasteiger partial charge is 0.375 e. The zero-order valence-electron chi connectivity index (χ0n) is 12.3. The number of rotatable bonds is 3. The molecule has 4 nitrogen and oxygen atoms in total. The van der Waals surface area contributed by atoms with Crippen LogP contribution in [-0.4, -0.2) is 37.7 Å². The van der Waals surface area contributed by atoms with Crippen LogP contribution in [0.1, 0.15) is 18.1 Å². The van der Waals surface area contributed by atoms with Crippen LogP contribution in [0.4, 0.5) is 0 Å². The maximum Gasteiger partial charge on any atom is 0.239 e. The lowest BCUT2D eigenvalue weighted by molar-refractivity contribution is -0.129. The monoisotopic (exact) mass is 310 g/mol. The van der Waals surface area contributed by atoms with Crippen LogP contribution in [-0.2, 0) is 22.4 Å². The highest BCUT2D eigenvalue weighted by Gasteiger charge is 2.29. The summed E-state index contributed by atoms with van der Waals surface area (Å²) in [5.74, 6) is 0.587. The van der Waals surface area contributed by atoms with Crippen molar-refractivity contribution in [2.75, 3.05) is 19.7 Å². The van der Waals surface area contributed by atoms with Gasteiger partial charge in [-0.05, 0) is 36.8 Å². The van der Waals surface area contributed by atoms with Gasteiger partial charge in [0, 0.05) is 13.1 Å². The highest BCUT2D eigenvalue weighted by Crippen LogP contribution is 2.25. The van der Waals surface area contributed by atoms with Gasteiger partial charge in [0.15, 0.2) is 0 Å². The van der Waals surface area contributed by atoms with Crippen molar-refractivity contribution in [1.29, 1.82) is 0 Å². The average molecular weight is 311 g/mol. The first kappa shape index (κ1) is 16.3. The van der Waals surface area contributed by atoms with Crippen LogP contribution in [0.5, 0.6) is 0 Å². The zero-order chi connectivity index (χ0) is 13.9. The first-order valence-electron chi connectivity index (χ1n) is 7.43. The minimum atomic E-state index is -0.215. The van der Waals surface area contributed by atoms with E-state index in [1.54, 1.807) is 0 Å². The van der Waals surface area contributed by atoms with Crippen LogP contribution >= 0.6 is 12.4 Å². The van der Waals surface area contributed by atoms with Crippen LogP contribution in [0.15, 0.2) is 24.3 Å². The van der Waals surface area contributed by atoms with E-state index in [2.05, 4.69) is 34.9 Å². The van der Waals surface area contributed by atoms with Gasteiger partial charge in [-0.25, -0.2) is 0 Å². The van der Waals surface area contributed by atoms with Crippen molar-refractivity contribution < 1.29 is 9.53 Å². The number of hydrogen-bond donors (Lipinski definition) is 2. The van der Waals surface area contributed by atoms with E-state index >= 15 is 0 Å². The summed E-state index contributed by atoms with van der Waals surface area (Å²) in [7, 11) is 0. The molecule has 1 fully saturated rings. The van der Waals surface area contributed by atoms with Gasteiger partial charge in [-0.3, -0.25) is 4.79 Å². The number of ether oxygens (including phenoxy) is 1. The van der Waals surface area contributed by atoms with Crippen LogP contribution in [0, 0.1) is 5.92 Å². The van der Waals surface area contributed by atoms with Crippen LogP contribution in [0.3, 0.4) is 0 Å². The summed E-state index contributed by atoms with van der Waals surface area (Å²) in [6.45, 7) is 4.13. The highest BCUT2D eigenvalue weighted by atomic mass is 35.5. The number of amides is 1. The van der Waals surface area contributed by atoms with E-state index in [4.69, 9.17) is 4.74 Å². The Morgan fingerprint density at radius 1 is 1.33 bits per heavy atom. The summed E-state index contributed by atoms with van der Waals surface area (Å²) < 4.78 is 5.51. The second kappa shape index (κ2) is 7.25. The summed E-state index contributed by atoms with van der Waals surface area (Å²) in [5.41, 5.74) is 2.86. The number of carbonyl (C=O) groups is 1. The Hall–Kier alpha value is -1.10. The normalized spacial score (nSPS) is 25.0. The van der Waals surface area contributed by atoms with E-state index in [0.717, 1.165) is 25.9 Å². The Balaban J connectivity index is 0.00000161. The summed E-state index contributed by atoms with van der Waals surface area (Å²) in [5, 5.41) is 6.30. The smallest absolute Gasteiger partial charge is 0.239 e. The van der Waals surface area contributed by atoms with Gasteiger partial charge in [0.05, 0.1) is 12.7 Å². The lowest BCUT2D eigenvalue weighted by Gasteiger charge is -2.29. The van der Waals surface area contributed by atoms with Gasteiger partial charge in [0.25, 0.3) is 0 Å². The van der Waals surface area contributed by atoms with E-state index in [1.165, 1.54) is 11.1 Å². The van der Waals surface area contributed by atoms with Crippen molar-refractivity contribution >= 4 is 18.3 Å². The lowest BCUT2D eigenvalue weighted by Crippen LogP contribution is -2.56. The van der Waals surface area contributed by atoms with E-state index < -0.39 is 0 Å². The number of benzene rings is 1. The molecule has 0 spiro atoms. The fourth-order valence-corrected chi connectivity index (χ4v) is 3.18. The molecule has 2 N–H and O–H groups in total. The lowest BCUT2D eigenvalue weighted by atomic mass is 10.1. The molecule has 116 valence electrons. The standard InChI is InChI=1S/C16H22N2O2.ClH/c1-11-15(17-6-7-20-11)16(19)18-10-12-8-13-4-2-3-5-14(13)9-12;/h2-5,11-12,15,17H,6-10H2,1H3,(H,18,19);1H/t11-,15+;/m1./s1. The van der Waals surface area contributed by atoms with Gasteiger partial charge < -0.3 is 15.4 Å². The van der Waals surface area contributed by atoms with E-state index in [0.29, 0.717) is 12.5 Å². The molecule has 1 aliphatic heterocycles. The van der Waals surface area contributed by atoms with Crippen molar-refractivity contribution in [2.45, 2.75) is 31.9 Å². The molecule has 0 unspecified atom stereocenters. The molecule has 1 aromatic carbocycles. The van der Waals surface area contributed by atoms with E-state index in [9.17, 15) is 4.79 Å². The Labute approximate surface area is 132 Å². The molecule has 21 heavy (non-hydrogen) atoms. The topological polar surface area (TPSA) is 50.4 Å². The number of morpholine rings is 1. The molecule has 0 aromatic heterocycles. The number of nitrogens with one attached hydrogen (secondary N) is 2. The summed E-state index contributed by atoms with van der Waals surface area (Å²) in [6.07, 6.45) is 2.09. The molecule has 3 rings (SSSR count). The molecular formula is C16H23ClN2O2. The molecule has 1 aliphatic carbocycles. The Kier molecular flexibility index (Phi) is 5.62. The van der Waals surface area contributed by atoms with Gasteiger partial charge in [0.2, 0.25) is 5.91 Å². The number of fused-ring (bicyclic) bond motifs is 1. The molecule has 5 heteroatoms. The molecule has 1 saturated heterocycles. The predicted octanol–water partition coefficient (Wildman–Crippen LogP) is 1.32. The van der Waals surface area contributed by atoms with Crippen molar-refractivity contribution in [1.82, 2.24) is 10.6 Å². The van der Waals surface area contributed by atoms with Gasteiger partial charge in [0.1, 0.15) is 6.04 Å². The van der Waals surface area contributed by atoms with Gasteiger partial charge >= 0.3 is 0 Å². The fourth-order valence-electron chi connectivity index (χ4n) is 3.18. The minimum absolute atomic E-state index is 0. The van der Waals surface area contributed by atoms with Crippen molar-refractivity contribution in [2.24, 2.45) is 5.92 Å². The third-order valence-corrected chi connectivity index (χ3v) is 4.30. The number of carbonyl (C=O) groups excluding carboxylic acids is 1. The number of halogens is 1. The van der Waals surface area contributed by atoms with Crippen LogP contribution < -0.4 is 10.6 Å². The quantitative estimate of drug-likeness (QED) is 0.885. The Bertz CT molecular complexity index is 470. The van der Waals surface area contributed by atoms with Gasteiger partial charge in [-0.2, -0.15) is 0 Å². The van der Waals surface area contributed by atoms with E-state index in [-0.39, 0.29) is 30.5 Å². The molecule has 1 heterocycles. The second-order valence-corrected chi connectivity index (χ2v) is 5.80. The number of hydrogen-bond acceptors (Lipinski definition) is 3. The van der Waals surface area contributed by atoms with Crippen molar-refractivity contribution in [3.05, 3.63) is 35.4 Å². The van der Waals surface area contributed by atoms with Crippen LogP contribution in [0.2, 0.25) is 0 Å². The third kappa shape index (κ3) is 3.76. The van der Waals surface area contributed by atoms with Crippen molar-refractivity contribution in [3.8, 4) is 0 Å². The highest BCUT2D eigenvalue weighted by molar-refractivity contribution is 5.85. The van der Waals surface area contributed by atoms with Crippen LogP contribution in [0.25, 0.3) is 0 Å². The first-order valence-corrected chi connectivity index (χ1v) is 7.43. The summed E-state index contributed by atoms with van der Waals surface area (Å²) >= 11 is 0. The summed E-state index contributed by atoms with van der Waals surface area (Å²) in [4.78, 5) is 12.2. The molecule has 0 bridgehead atoms. The molecule has 0 saturated carbocycles. The molecule has 2 aliphatic rings. The molecule has 1 amide bonds. The van der Waals surface area contributed by atoms with Gasteiger partial charge in [-0.1, -0.05) is 24.3 Å². The SMILES string of the molecule is C[C@H]1OCCN[C@@H]1C(=O)NCC1Cc2ccccc2C1.Cl. The molecular weight excluding hydrogens is 288 g/mol. The molecule has 2 atom stereocenters. The maximum absolute atomic E-state index is 12.2. The van der Waals surface area contributed by atoms with Crippen molar-refractivity contribution in [3.63, 3.8) is 0 Å². The average Bonchev–Trinajstić information content (AvgIpc) is 2.88.